The normalized spacial score (nSPS) is 22.8. The number of hydroxylamine groups is 2. The van der Waals surface area contributed by atoms with Crippen molar-refractivity contribution in [2.24, 2.45) is 0 Å². The highest BCUT2D eigenvalue weighted by molar-refractivity contribution is 7.89. The SMILES string of the molecule is CC(=O)N1CCN(S(=O)(=O)C2CON(C)C2c2cccc(Oc3ccc(Cl)cc3)c2)CC1. The van der Waals surface area contributed by atoms with Gasteiger partial charge in [0.2, 0.25) is 15.9 Å². The highest BCUT2D eigenvalue weighted by Gasteiger charge is 2.46. The van der Waals surface area contributed by atoms with Crippen molar-refractivity contribution >= 4 is 27.5 Å². The predicted molar refractivity (Wildman–Crippen MR) is 121 cm³/mol. The molecule has 1 amide bonds. The maximum absolute atomic E-state index is 13.5. The van der Waals surface area contributed by atoms with Crippen LogP contribution in [0.5, 0.6) is 11.5 Å². The van der Waals surface area contributed by atoms with Crippen LogP contribution in [0.15, 0.2) is 48.5 Å². The Bertz CT molecular complexity index is 1070. The fraction of sp³-hybridized carbons (Fsp3) is 0.409. The molecule has 2 unspecified atom stereocenters. The minimum Gasteiger partial charge on any atom is -0.457 e. The van der Waals surface area contributed by atoms with Crippen LogP contribution in [0.1, 0.15) is 18.5 Å². The Kier molecular flexibility index (Phi) is 6.73. The van der Waals surface area contributed by atoms with Crippen molar-refractivity contribution in [2.45, 2.75) is 18.2 Å². The van der Waals surface area contributed by atoms with E-state index in [2.05, 4.69) is 0 Å². The summed E-state index contributed by atoms with van der Waals surface area (Å²) in [6.07, 6.45) is 0. The second kappa shape index (κ2) is 9.36. The van der Waals surface area contributed by atoms with E-state index in [9.17, 15) is 13.2 Å². The van der Waals surface area contributed by atoms with Crippen molar-refractivity contribution in [3.8, 4) is 11.5 Å². The molecular formula is C22H26ClN3O5S. The monoisotopic (exact) mass is 479 g/mol. The third-order valence-electron chi connectivity index (χ3n) is 5.86. The van der Waals surface area contributed by atoms with Crippen molar-refractivity contribution in [2.75, 3.05) is 39.8 Å². The van der Waals surface area contributed by atoms with E-state index in [4.69, 9.17) is 21.2 Å². The summed E-state index contributed by atoms with van der Waals surface area (Å²) in [6.45, 7) is 2.93. The number of piperazine rings is 1. The number of sulfonamides is 1. The first kappa shape index (κ1) is 23.0. The second-order valence-electron chi connectivity index (χ2n) is 7.90. The van der Waals surface area contributed by atoms with Gasteiger partial charge in [-0.05, 0) is 42.0 Å². The van der Waals surface area contributed by atoms with Crippen molar-refractivity contribution in [1.29, 1.82) is 0 Å². The lowest BCUT2D eigenvalue weighted by molar-refractivity contribution is -0.129. The topological polar surface area (TPSA) is 79.4 Å². The first-order chi connectivity index (χ1) is 15.3. The van der Waals surface area contributed by atoms with Crippen LogP contribution in [-0.4, -0.2) is 73.7 Å². The molecule has 10 heteroatoms. The largest absolute Gasteiger partial charge is 0.457 e. The molecule has 2 aliphatic rings. The lowest BCUT2D eigenvalue weighted by atomic mass is 10.0. The van der Waals surface area contributed by atoms with Gasteiger partial charge in [-0.25, -0.2) is 8.42 Å². The molecule has 2 fully saturated rings. The summed E-state index contributed by atoms with van der Waals surface area (Å²) in [4.78, 5) is 18.9. The number of nitrogens with zero attached hydrogens (tertiary/aromatic N) is 3. The summed E-state index contributed by atoms with van der Waals surface area (Å²) in [7, 11) is -1.91. The summed E-state index contributed by atoms with van der Waals surface area (Å²) in [5.74, 6) is 1.19. The zero-order valence-electron chi connectivity index (χ0n) is 18.0. The highest BCUT2D eigenvalue weighted by atomic mass is 35.5. The summed E-state index contributed by atoms with van der Waals surface area (Å²) in [5.41, 5.74) is 0.785. The molecule has 32 heavy (non-hydrogen) atoms. The number of hydrogen-bond acceptors (Lipinski definition) is 6. The summed E-state index contributed by atoms with van der Waals surface area (Å²) in [6, 6.07) is 13.9. The average Bonchev–Trinajstić information content (AvgIpc) is 3.18. The van der Waals surface area contributed by atoms with E-state index in [-0.39, 0.29) is 25.6 Å². The molecule has 2 aromatic rings. The Balaban J connectivity index is 1.54. The van der Waals surface area contributed by atoms with Crippen LogP contribution in [0.4, 0.5) is 0 Å². The van der Waals surface area contributed by atoms with Gasteiger partial charge in [0.15, 0.2) is 0 Å². The summed E-state index contributed by atoms with van der Waals surface area (Å²) in [5, 5.41) is 1.45. The van der Waals surface area contributed by atoms with Crippen LogP contribution >= 0.6 is 11.6 Å². The van der Waals surface area contributed by atoms with E-state index in [1.807, 2.05) is 24.3 Å². The maximum Gasteiger partial charge on any atom is 0.221 e. The molecule has 0 aliphatic carbocycles. The number of rotatable bonds is 5. The van der Waals surface area contributed by atoms with Gasteiger partial charge in [0.05, 0.1) is 12.6 Å². The van der Waals surface area contributed by atoms with Gasteiger partial charge in [0.25, 0.3) is 0 Å². The second-order valence-corrected chi connectivity index (χ2v) is 10.5. The van der Waals surface area contributed by atoms with E-state index in [1.54, 1.807) is 41.3 Å². The van der Waals surface area contributed by atoms with Gasteiger partial charge in [-0.15, -0.1) is 0 Å². The molecule has 4 rings (SSSR count). The van der Waals surface area contributed by atoms with E-state index in [1.165, 1.54) is 11.2 Å². The van der Waals surface area contributed by atoms with Crippen molar-refractivity contribution in [3.05, 3.63) is 59.1 Å². The number of amides is 1. The standard InChI is InChI=1S/C22H26ClN3O5S/c1-16(27)25-10-12-26(13-11-25)32(28,29)21-15-30-24(2)22(21)17-4-3-5-20(14-17)31-19-8-6-18(23)7-9-19/h3-9,14,21-22H,10-13,15H2,1-2H3. The average molecular weight is 480 g/mol. The van der Waals surface area contributed by atoms with Crippen LogP contribution in [0, 0.1) is 0 Å². The molecule has 0 spiro atoms. The molecule has 2 heterocycles. The van der Waals surface area contributed by atoms with E-state index >= 15 is 0 Å². The van der Waals surface area contributed by atoms with Crippen LogP contribution in [0.2, 0.25) is 5.02 Å². The molecular weight excluding hydrogens is 454 g/mol. The molecule has 2 aliphatic heterocycles. The predicted octanol–water partition coefficient (Wildman–Crippen LogP) is 2.91. The molecule has 0 bridgehead atoms. The van der Waals surface area contributed by atoms with Gasteiger partial charge >= 0.3 is 0 Å². The van der Waals surface area contributed by atoms with Gasteiger partial charge in [0.1, 0.15) is 16.7 Å². The van der Waals surface area contributed by atoms with Gasteiger partial charge in [-0.3, -0.25) is 9.63 Å². The van der Waals surface area contributed by atoms with Crippen LogP contribution in [-0.2, 0) is 19.7 Å². The minimum atomic E-state index is -3.64. The lowest BCUT2D eigenvalue weighted by Gasteiger charge is -2.35. The van der Waals surface area contributed by atoms with Gasteiger partial charge < -0.3 is 9.64 Å². The van der Waals surface area contributed by atoms with Crippen molar-refractivity contribution < 1.29 is 22.8 Å². The molecule has 172 valence electrons. The number of carbonyl (C=O) groups is 1. The molecule has 0 aromatic heterocycles. The van der Waals surface area contributed by atoms with Gasteiger partial charge in [0, 0.05) is 45.2 Å². The summed E-state index contributed by atoms with van der Waals surface area (Å²) < 4.78 is 34.3. The van der Waals surface area contributed by atoms with Crippen LogP contribution in [0.25, 0.3) is 0 Å². The smallest absolute Gasteiger partial charge is 0.221 e. The van der Waals surface area contributed by atoms with Crippen LogP contribution < -0.4 is 4.74 Å². The molecule has 2 saturated heterocycles. The molecule has 0 saturated carbocycles. The third kappa shape index (κ3) is 4.77. The Labute approximate surface area is 193 Å². The molecule has 8 nitrogen and oxygen atoms in total. The third-order valence-corrected chi connectivity index (χ3v) is 8.36. The summed E-state index contributed by atoms with van der Waals surface area (Å²) >= 11 is 5.93. The van der Waals surface area contributed by atoms with Crippen molar-refractivity contribution in [1.82, 2.24) is 14.3 Å². The first-order valence-electron chi connectivity index (χ1n) is 10.4. The van der Waals surface area contributed by atoms with E-state index in [0.29, 0.717) is 29.6 Å². The lowest BCUT2D eigenvalue weighted by Crippen LogP contribution is -2.53. The van der Waals surface area contributed by atoms with Crippen LogP contribution in [0.3, 0.4) is 0 Å². The number of benzene rings is 2. The maximum atomic E-state index is 13.5. The van der Waals surface area contributed by atoms with E-state index in [0.717, 1.165) is 5.56 Å². The Morgan fingerprint density at radius 3 is 2.41 bits per heavy atom. The van der Waals surface area contributed by atoms with Gasteiger partial charge in [-0.1, -0.05) is 23.7 Å². The Morgan fingerprint density at radius 1 is 1.06 bits per heavy atom. The quantitative estimate of drug-likeness (QED) is 0.656. The number of halogens is 1. The molecule has 2 aromatic carbocycles. The van der Waals surface area contributed by atoms with E-state index < -0.39 is 21.3 Å². The zero-order valence-corrected chi connectivity index (χ0v) is 19.6. The molecule has 2 atom stereocenters. The highest BCUT2D eigenvalue weighted by Crippen LogP contribution is 2.37. The first-order valence-corrected chi connectivity index (χ1v) is 12.3. The minimum absolute atomic E-state index is 0.0404. The fourth-order valence-corrected chi connectivity index (χ4v) is 6.19. The van der Waals surface area contributed by atoms with Crippen molar-refractivity contribution in [3.63, 3.8) is 0 Å². The Morgan fingerprint density at radius 2 is 1.75 bits per heavy atom. The zero-order chi connectivity index (χ0) is 22.9. The number of ether oxygens (including phenoxy) is 1. The molecule has 0 radical (unpaired) electrons. The number of hydrogen-bond donors (Lipinski definition) is 0. The van der Waals surface area contributed by atoms with Gasteiger partial charge in [-0.2, -0.15) is 9.37 Å². The Hall–Kier alpha value is -2.17. The fourth-order valence-electron chi connectivity index (χ4n) is 4.12. The number of carbonyl (C=O) groups excluding carboxylic acids is 1. The molecule has 0 N–H and O–H groups in total.